The fourth-order valence-electron chi connectivity index (χ4n) is 2.62. The van der Waals surface area contributed by atoms with E-state index in [4.69, 9.17) is 0 Å². The van der Waals surface area contributed by atoms with E-state index in [-0.39, 0.29) is 0 Å². The first-order valence-corrected chi connectivity index (χ1v) is 4.66. The SMILES string of the molecule is CN1CC2[C@@H](CCCN2C)C1. The minimum Gasteiger partial charge on any atom is -0.304 e. The van der Waals surface area contributed by atoms with E-state index < -0.39 is 0 Å². The first-order chi connectivity index (χ1) is 5.27. The molecule has 2 fully saturated rings. The molecular weight excluding hydrogens is 136 g/mol. The molecule has 11 heavy (non-hydrogen) atoms. The van der Waals surface area contributed by atoms with Gasteiger partial charge in [-0.1, -0.05) is 0 Å². The van der Waals surface area contributed by atoms with Crippen molar-refractivity contribution in [3.63, 3.8) is 0 Å². The Morgan fingerprint density at radius 2 is 2.00 bits per heavy atom. The Hall–Kier alpha value is -0.0800. The molecule has 0 radical (unpaired) electrons. The van der Waals surface area contributed by atoms with Crippen molar-refractivity contribution >= 4 is 0 Å². The fraction of sp³-hybridized carbons (Fsp3) is 1.00. The normalized spacial score (nSPS) is 40.9. The van der Waals surface area contributed by atoms with Crippen LogP contribution < -0.4 is 0 Å². The minimum absolute atomic E-state index is 0.869. The molecule has 0 aromatic rings. The highest BCUT2D eigenvalue weighted by atomic mass is 15.2. The fourth-order valence-corrected chi connectivity index (χ4v) is 2.62. The van der Waals surface area contributed by atoms with Crippen LogP contribution in [0.2, 0.25) is 0 Å². The van der Waals surface area contributed by atoms with Crippen molar-refractivity contribution in [1.29, 1.82) is 0 Å². The number of likely N-dealkylation sites (tertiary alicyclic amines) is 2. The molecule has 2 saturated heterocycles. The van der Waals surface area contributed by atoms with Crippen LogP contribution in [0.4, 0.5) is 0 Å². The minimum atomic E-state index is 0.869. The summed E-state index contributed by atoms with van der Waals surface area (Å²) >= 11 is 0. The van der Waals surface area contributed by atoms with Crippen molar-refractivity contribution in [1.82, 2.24) is 9.80 Å². The van der Waals surface area contributed by atoms with Gasteiger partial charge in [-0.25, -0.2) is 0 Å². The summed E-state index contributed by atoms with van der Waals surface area (Å²) < 4.78 is 0. The Morgan fingerprint density at radius 1 is 1.18 bits per heavy atom. The average molecular weight is 154 g/mol. The van der Waals surface area contributed by atoms with Crippen LogP contribution >= 0.6 is 0 Å². The molecule has 0 amide bonds. The predicted molar refractivity (Wildman–Crippen MR) is 46.6 cm³/mol. The van der Waals surface area contributed by atoms with Gasteiger partial charge in [-0.15, -0.1) is 0 Å². The molecule has 0 aromatic carbocycles. The molecule has 1 unspecified atom stereocenters. The molecule has 2 heteroatoms. The Balaban J connectivity index is 2.03. The molecule has 0 N–H and O–H groups in total. The van der Waals surface area contributed by atoms with Crippen molar-refractivity contribution in [2.45, 2.75) is 18.9 Å². The second kappa shape index (κ2) is 2.76. The van der Waals surface area contributed by atoms with Crippen molar-refractivity contribution in [2.75, 3.05) is 33.7 Å². The Bertz CT molecular complexity index is 146. The summed E-state index contributed by atoms with van der Waals surface area (Å²) in [5.41, 5.74) is 0. The summed E-state index contributed by atoms with van der Waals surface area (Å²) in [5, 5.41) is 0. The Labute approximate surface area is 69.2 Å². The summed E-state index contributed by atoms with van der Waals surface area (Å²) in [4.78, 5) is 5.01. The lowest BCUT2D eigenvalue weighted by Gasteiger charge is -2.33. The van der Waals surface area contributed by atoms with E-state index in [0.717, 1.165) is 12.0 Å². The molecule has 2 heterocycles. The van der Waals surface area contributed by atoms with E-state index in [0.29, 0.717) is 0 Å². The highest BCUT2D eigenvalue weighted by molar-refractivity contribution is 4.91. The predicted octanol–water partition coefficient (Wildman–Crippen LogP) is 0.642. The molecule has 2 atom stereocenters. The zero-order valence-electron chi connectivity index (χ0n) is 7.58. The van der Waals surface area contributed by atoms with Gasteiger partial charge in [0.2, 0.25) is 0 Å². The van der Waals surface area contributed by atoms with E-state index in [1.807, 2.05) is 0 Å². The van der Waals surface area contributed by atoms with E-state index in [1.165, 1.54) is 32.5 Å². The molecule has 2 rings (SSSR count). The standard InChI is InChI=1S/C9H18N2/c1-10-6-8-4-3-5-11(2)9(8)7-10/h8-9H,3-7H2,1-2H3/t8-,9?/m0/s1. The molecule has 64 valence electrons. The lowest BCUT2D eigenvalue weighted by atomic mass is 9.93. The van der Waals surface area contributed by atoms with Gasteiger partial charge >= 0.3 is 0 Å². The van der Waals surface area contributed by atoms with Gasteiger partial charge in [0.15, 0.2) is 0 Å². The van der Waals surface area contributed by atoms with Crippen LogP contribution in [0.3, 0.4) is 0 Å². The maximum Gasteiger partial charge on any atom is 0.0260 e. The molecule has 0 spiro atoms. The topological polar surface area (TPSA) is 6.48 Å². The van der Waals surface area contributed by atoms with Gasteiger partial charge in [-0.2, -0.15) is 0 Å². The van der Waals surface area contributed by atoms with Crippen molar-refractivity contribution in [2.24, 2.45) is 5.92 Å². The van der Waals surface area contributed by atoms with E-state index in [9.17, 15) is 0 Å². The van der Waals surface area contributed by atoms with Crippen molar-refractivity contribution < 1.29 is 0 Å². The Morgan fingerprint density at radius 3 is 2.73 bits per heavy atom. The first kappa shape index (κ1) is 7.56. The molecular formula is C9H18N2. The number of likely N-dealkylation sites (N-methyl/N-ethyl adjacent to an activating group) is 2. The summed E-state index contributed by atoms with van der Waals surface area (Å²) in [6.07, 6.45) is 2.87. The lowest BCUT2D eigenvalue weighted by molar-refractivity contribution is 0.157. The monoisotopic (exact) mass is 154 g/mol. The molecule has 2 nitrogen and oxygen atoms in total. The zero-order valence-corrected chi connectivity index (χ0v) is 7.58. The second-order valence-electron chi connectivity index (χ2n) is 4.17. The average Bonchev–Trinajstić information content (AvgIpc) is 2.31. The van der Waals surface area contributed by atoms with E-state index in [2.05, 4.69) is 23.9 Å². The van der Waals surface area contributed by atoms with Gasteiger partial charge in [0.05, 0.1) is 0 Å². The summed E-state index contributed by atoms with van der Waals surface area (Å²) in [7, 11) is 4.52. The van der Waals surface area contributed by atoms with Crippen LogP contribution in [0, 0.1) is 5.92 Å². The number of nitrogens with zero attached hydrogens (tertiary/aromatic N) is 2. The van der Waals surface area contributed by atoms with Gasteiger partial charge in [-0.05, 0) is 39.4 Å². The van der Waals surface area contributed by atoms with Crippen LogP contribution in [0.1, 0.15) is 12.8 Å². The molecule has 0 bridgehead atoms. The van der Waals surface area contributed by atoms with E-state index >= 15 is 0 Å². The van der Waals surface area contributed by atoms with Crippen LogP contribution in [-0.2, 0) is 0 Å². The maximum atomic E-state index is 2.54. The summed E-state index contributed by atoms with van der Waals surface area (Å²) in [6.45, 7) is 3.94. The van der Waals surface area contributed by atoms with E-state index in [1.54, 1.807) is 0 Å². The first-order valence-electron chi connectivity index (χ1n) is 4.66. The summed E-state index contributed by atoms with van der Waals surface area (Å²) in [5.74, 6) is 0.971. The number of rotatable bonds is 0. The van der Waals surface area contributed by atoms with Crippen molar-refractivity contribution in [3.05, 3.63) is 0 Å². The van der Waals surface area contributed by atoms with Crippen LogP contribution in [0.25, 0.3) is 0 Å². The smallest absolute Gasteiger partial charge is 0.0260 e. The highest BCUT2D eigenvalue weighted by Crippen LogP contribution is 2.28. The van der Waals surface area contributed by atoms with Crippen LogP contribution in [0.15, 0.2) is 0 Å². The third-order valence-electron chi connectivity index (χ3n) is 3.24. The molecule has 0 aliphatic carbocycles. The van der Waals surface area contributed by atoms with Crippen LogP contribution in [0.5, 0.6) is 0 Å². The number of hydrogen-bond acceptors (Lipinski definition) is 2. The summed E-state index contributed by atoms with van der Waals surface area (Å²) in [6, 6.07) is 0.869. The lowest BCUT2D eigenvalue weighted by Crippen LogP contribution is -2.42. The van der Waals surface area contributed by atoms with Gasteiger partial charge in [-0.3, -0.25) is 0 Å². The van der Waals surface area contributed by atoms with Crippen molar-refractivity contribution in [3.8, 4) is 0 Å². The Kier molecular flexibility index (Phi) is 1.90. The maximum absolute atomic E-state index is 2.54. The van der Waals surface area contributed by atoms with Gasteiger partial charge in [0.25, 0.3) is 0 Å². The number of piperidine rings is 1. The molecule has 2 aliphatic heterocycles. The molecule has 0 aromatic heterocycles. The van der Waals surface area contributed by atoms with Gasteiger partial charge in [0.1, 0.15) is 0 Å². The largest absolute Gasteiger partial charge is 0.304 e. The quantitative estimate of drug-likeness (QED) is 0.505. The third kappa shape index (κ3) is 1.30. The molecule has 2 aliphatic rings. The number of hydrogen-bond donors (Lipinski definition) is 0. The highest BCUT2D eigenvalue weighted by Gasteiger charge is 2.35. The zero-order chi connectivity index (χ0) is 7.84. The number of fused-ring (bicyclic) bond motifs is 1. The molecule has 0 saturated carbocycles. The van der Waals surface area contributed by atoms with Gasteiger partial charge < -0.3 is 9.80 Å². The third-order valence-corrected chi connectivity index (χ3v) is 3.24. The second-order valence-corrected chi connectivity index (χ2v) is 4.17. The van der Waals surface area contributed by atoms with Gasteiger partial charge in [0, 0.05) is 19.1 Å². The van der Waals surface area contributed by atoms with Crippen LogP contribution in [-0.4, -0.2) is 49.6 Å².